The molecule has 0 spiro atoms. The van der Waals surface area contributed by atoms with Gasteiger partial charge in [0.1, 0.15) is 0 Å². The first-order valence-corrected chi connectivity index (χ1v) is 7.91. The lowest BCUT2D eigenvalue weighted by atomic mass is 10.1. The average Bonchev–Trinajstić information content (AvgIpc) is 2.49. The Morgan fingerprint density at radius 2 is 1.71 bits per heavy atom. The molecule has 2 nitrogen and oxygen atoms in total. The molecule has 0 N–H and O–H groups in total. The number of likely N-dealkylation sites (N-methyl/N-ethyl adjacent to an activating group) is 1. The van der Waals surface area contributed by atoms with Crippen molar-refractivity contribution in [1.82, 2.24) is 4.90 Å². The van der Waals surface area contributed by atoms with Gasteiger partial charge in [0.05, 0.1) is 0 Å². The summed E-state index contributed by atoms with van der Waals surface area (Å²) in [5.74, 6) is 0.0314. The van der Waals surface area contributed by atoms with Gasteiger partial charge < -0.3 is 4.90 Å². The SMILES string of the molecule is CC(Cc1ccc(Cl)cc1)N(C)C(=O)c1ccc(Br)cc1. The van der Waals surface area contributed by atoms with Gasteiger partial charge in [-0.15, -0.1) is 0 Å². The van der Waals surface area contributed by atoms with Crippen LogP contribution in [0.3, 0.4) is 0 Å². The van der Waals surface area contributed by atoms with E-state index in [2.05, 4.69) is 15.9 Å². The van der Waals surface area contributed by atoms with E-state index < -0.39 is 0 Å². The summed E-state index contributed by atoms with van der Waals surface area (Å²) in [6, 6.07) is 15.3. The van der Waals surface area contributed by atoms with Crippen molar-refractivity contribution in [1.29, 1.82) is 0 Å². The standard InChI is InChI=1S/C17H17BrClNO/c1-12(11-13-3-9-16(19)10-4-13)20(2)17(21)14-5-7-15(18)8-6-14/h3-10,12H,11H2,1-2H3. The molecule has 0 saturated carbocycles. The molecule has 0 fully saturated rings. The van der Waals surface area contributed by atoms with Crippen LogP contribution in [0.4, 0.5) is 0 Å². The van der Waals surface area contributed by atoms with Crippen molar-refractivity contribution < 1.29 is 4.79 Å². The van der Waals surface area contributed by atoms with Crippen LogP contribution in [0.2, 0.25) is 5.02 Å². The molecule has 0 aliphatic carbocycles. The highest BCUT2D eigenvalue weighted by molar-refractivity contribution is 9.10. The Kier molecular flexibility index (Phi) is 5.43. The minimum absolute atomic E-state index is 0.0314. The molecule has 0 heterocycles. The fraction of sp³-hybridized carbons (Fsp3) is 0.235. The molecule has 1 atom stereocenters. The van der Waals surface area contributed by atoms with Crippen LogP contribution < -0.4 is 0 Å². The normalized spacial score (nSPS) is 12.0. The van der Waals surface area contributed by atoms with Gasteiger partial charge in [0.15, 0.2) is 0 Å². The molecular weight excluding hydrogens is 350 g/mol. The topological polar surface area (TPSA) is 20.3 Å². The molecule has 2 aromatic rings. The van der Waals surface area contributed by atoms with Gasteiger partial charge in [-0.2, -0.15) is 0 Å². The van der Waals surface area contributed by atoms with E-state index in [-0.39, 0.29) is 11.9 Å². The van der Waals surface area contributed by atoms with Crippen LogP contribution in [0.1, 0.15) is 22.8 Å². The van der Waals surface area contributed by atoms with Crippen LogP contribution in [-0.2, 0) is 6.42 Å². The van der Waals surface area contributed by atoms with Gasteiger partial charge in [-0.3, -0.25) is 4.79 Å². The number of rotatable bonds is 4. The van der Waals surface area contributed by atoms with Crippen LogP contribution in [-0.4, -0.2) is 23.9 Å². The number of nitrogens with zero attached hydrogens (tertiary/aromatic N) is 1. The quantitative estimate of drug-likeness (QED) is 0.760. The number of carbonyl (C=O) groups excluding carboxylic acids is 1. The lowest BCUT2D eigenvalue weighted by molar-refractivity contribution is 0.0743. The summed E-state index contributed by atoms with van der Waals surface area (Å²) in [4.78, 5) is 14.2. The Bertz CT molecular complexity index is 610. The summed E-state index contributed by atoms with van der Waals surface area (Å²) in [5, 5.41) is 0.727. The lowest BCUT2D eigenvalue weighted by Crippen LogP contribution is -2.36. The summed E-state index contributed by atoms with van der Waals surface area (Å²) in [6.45, 7) is 2.05. The van der Waals surface area contributed by atoms with Crippen molar-refractivity contribution in [3.8, 4) is 0 Å². The van der Waals surface area contributed by atoms with Crippen LogP contribution in [0.25, 0.3) is 0 Å². The van der Waals surface area contributed by atoms with Gasteiger partial charge in [0.25, 0.3) is 5.91 Å². The number of hydrogen-bond acceptors (Lipinski definition) is 1. The zero-order valence-corrected chi connectivity index (χ0v) is 14.4. The first-order chi connectivity index (χ1) is 9.97. The first-order valence-electron chi connectivity index (χ1n) is 6.74. The van der Waals surface area contributed by atoms with Gasteiger partial charge in [0.2, 0.25) is 0 Å². The van der Waals surface area contributed by atoms with Crippen molar-refractivity contribution in [2.75, 3.05) is 7.05 Å². The smallest absolute Gasteiger partial charge is 0.253 e. The maximum atomic E-state index is 12.4. The third-order valence-corrected chi connectivity index (χ3v) is 4.30. The highest BCUT2D eigenvalue weighted by Gasteiger charge is 2.17. The van der Waals surface area contributed by atoms with E-state index in [1.807, 2.05) is 62.5 Å². The highest BCUT2D eigenvalue weighted by Crippen LogP contribution is 2.16. The molecular formula is C17H17BrClNO. The van der Waals surface area contributed by atoms with Crippen LogP contribution in [0, 0.1) is 0 Å². The number of carbonyl (C=O) groups is 1. The van der Waals surface area contributed by atoms with Crippen LogP contribution in [0.5, 0.6) is 0 Å². The molecule has 2 rings (SSSR count). The average molecular weight is 367 g/mol. The molecule has 1 unspecified atom stereocenters. The Hall–Kier alpha value is -1.32. The van der Waals surface area contributed by atoms with Crippen LogP contribution >= 0.6 is 27.5 Å². The molecule has 0 aromatic heterocycles. The maximum absolute atomic E-state index is 12.4. The van der Waals surface area contributed by atoms with Crippen molar-refractivity contribution in [2.45, 2.75) is 19.4 Å². The highest BCUT2D eigenvalue weighted by atomic mass is 79.9. The molecule has 0 saturated heterocycles. The fourth-order valence-electron chi connectivity index (χ4n) is 2.09. The third-order valence-electron chi connectivity index (χ3n) is 3.52. The van der Waals surface area contributed by atoms with Crippen molar-refractivity contribution in [3.63, 3.8) is 0 Å². The summed E-state index contributed by atoms with van der Waals surface area (Å²) < 4.78 is 0.968. The molecule has 0 radical (unpaired) electrons. The van der Waals surface area contributed by atoms with Gasteiger partial charge in [-0.05, 0) is 55.3 Å². The molecule has 4 heteroatoms. The molecule has 0 aliphatic rings. The predicted molar refractivity (Wildman–Crippen MR) is 90.9 cm³/mol. The number of amides is 1. The van der Waals surface area contributed by atoms with E-state index in [9.17, 15) is 4.79 Å². The van der Waals surface area contributed by atoms with Crippen molar-refractivity contribution in [2.24, 2.45) is 0 Å². The summed E-state index contributed by atoms with van der Waals surface area (Å²) in [5.41, 5.74) is 1.87. The van der Waals surface area contributed by atoms with Gasteiger partial charge in [0, 0.05) is 28.1 Å². The Morgan fingerprint density at radius 1 is 1.14 bits per heavy atom. The molecule has 21 heavy (non-hydrogen) atoms. The van der Waals surface area contributed by atoms with E-state index in [0.717, 1.165) is 15.9 Å². The zero-order valence-electron chi connectivity index (χ0n) is 12.0. The monoisotopic (exact) mass is 365 g/mol. The minimum atomic E-state index is 0.0314. The number of halogens is 2. The molecule has 110 valence electrons. The second-order valence-electron chi connectivity index (χ2n) is 5.10. The van der Waals surface area contributed by atoms with E-state index in [0.29, 0.717) is 5.56 Å². The Morgan fingerprint density at radius 3 is 2.29 bits per heavy atom. The Labute approximate surface area is 138 Å². The largest absolute Gasteiger partial charge is 0.339 e. The minimum Gasteiger partial charge on any atom is -0.339 e. The van der Waals surface area contributed by atoms with Crippen LogP contribution in [0.15, 0.2) is 53.0 Å². The summed E-state index contributed by atoms with van der Waals surface area (Å²) in [6.07, 6.45) is 0.802. The van der Waals surface area contributed by atoms with Gasteiger partial charge >= 0.3 is 0 Å². The van der Waals surface area contributed by atoms with Gasteiger partial charge in [-0.1, -0.05) is 39.7 Å². The Balaban J connectivity index is 2.04. The molecule has 1 amide bonds. The van der Waals surface area contributed by atoms with Crippen molar-refractivity contribution in [3.05, 3.63) is 69.2 Å². The van der Waals surface area contributed by atoms with E-state index in [1.54, 1.807) is 4.90 Å². The second-order valence-corrected chi connectivity index (χ2v) is 6.45. The number of benzene rings is 2. The number of hydrogen-bond donors (Lipinski definition) is 0. The first kappa shape index (κ1) is 16.1. The van der Waals surface area contributed by atoms with E-state index in [4.69, 9.17) is 11.6 Å². The summed E-state index contributed by atoms with van der Waals surface area (Å²) >= 11 is 9.26. The lowest BCUT2D eigenvalue weighted by Gasteiger charge is -2.25. The molecule has 0 aliphatic heterocycles. The summed E-state index contributed by atoms with van der Waals surface area (Å²) in [7, 11) is 1.84. The zero-order chi connectivity index (χ0) is 15.4. The predicted octanol–water partition coefficient (Wildman–Crippen LogP) is 4.81. The fourth-order valence-corrected chi connectivity index (χ4v) is 2.49. The maximum Gasteiger partial charge on any atom is 0.253 e. The third kappa shape index (κ3) is 4.32. The molecule has 2 aromatic carbocycles. The van der Waals surface area contributed by atoms with Gasteiger partial charge in [-0.25, -0.2) is 0 Å². The molecule has 0 bridgehead atoms. The van der Waals surface area contributed by atoms with E-state index in [1.165, 1.54) is 5.56 Å². The second kappa shape index (κ2) is 7.10. The van der Waals surface area contributed by atoms with E-state index >= 15 is 0 Å². The van der Waals surface area contributed by atoms with Crippen molar-refractivity contribution >= 4 is 33.4 Å².